The fraction of sp³-hybridized carbons (Fsp3) is 0.739. The van der Waals surface area contributed by atoms with Crippen molar-refractivity contribution in [2.24, 2.45) is 23.7 Å². The summed E-state index contributed by atoms with van der Waals surface area (Å²) >= 11 is 0. The molecule has 0 aromatic heterocycles. The van der Waals surface area contributed by atoms with Crippen LogP contribution >= 0.6 is 0 Å². The molecule has 1 aliphatic heterocycles. The predicted octanol–water partition coefficient (Wildman–Crippen LogP) is 5.62. The summed E-state index contributed by atoms with van der Waals surface area (Å²) in [5, 5.41) is 9.50. The van der Waals surface area contributed by atoms with Crippen molar-refractivity contribution in [2.45, 2.75) is 77.4 Å². The molecule has 0 amide bonds. The molecule has 28 heavy (non-hydrogen) atoms. The number of aliphatic hydroxyl groups excluding tert-OH is 1. The lowest BCUT2D eigenvalue weighted by atomic mass is 9.69. The molecule has 2 fully saturated rings. The Labute approximate surface area is 166 Å². The van der Waals surface area contributed by atoms with Gasteiger partial charge in [-0.05, 0) is 74.7 Å². The molecule has 3 aliphatic rings. The third-order valence-electron chi connectivity index (χ3n) is 7.21. The van der Waals surface area contributed by atoms with Gasteiger partial charge in [-0.2, -0.15) is 8.78 Å². The van der Waals surface area contributed by atoms with Gasteiger partial charge in [-0.1, -0.05) is 19.8 Å². The summed E-state index contributed by atoms with van der Waals surface area (Å²) in [5.41, 5.74) is 0.564. The van der Waals surface area contributed by atoms with Crippen molar-refractivity contribution < 1.29 is 23.4 Å². The first-order valence-electron chi connectivity index (χ1n) is 11.0. The van der Waals surface area contributed by atoms with Gasteiger partial charge in [-0.15, -0.1) is 0 Å². The minimum absolute atomic E-state index is 0.0281. The largest absolute Gasteiger partial charge is 0.490 e. The Hall–Kier alpha value is -1.36. The first-order chi connectivity index (χ1) is 13.5. The number of fused-ring (bicyclic) bond motifs is 1. The predicted molar refractivity (Wildman–Crippen MR) is 103 cm³/mol. The van der Waals surface area contributed by atoms with Gasteiger partial charge in [0.1, 0.15) is 0 Å². The highest BCUT2D eigenvalue weighted by Gasteiger charge is 2.31. The fourth-order valence-corrected chi connectivity index (χ4v) is 5.32. The molecule has 4 rings (SSSR count). The van der Waals surface area contributed by atoms with Crippen LogP contribution in [0.4, 0.5) is 8.78 Å². The Balaban J connectivity index is 1.30. The van der Waals surface area contributed by atoms with Gasteiger partial charge >= 0.3 is 0 Å². The topological polar surface area (TPSA) is 38.7 Å². The summed E-state index contributed by atoms with van der Waals surface area (Å²) in [6.45, 7) is 2.80. The molecular formula is C23H32F2O3. The van der Waals surface area contributed by atoms with E-state index in [0.717, 1.165) is 30.6 Å². The van der Waals surface area contributed by atoms with Crippen LogP contribution < -0.4 is 9.47 Å². The fourth-order valence-electron chi connectivity index (χ4n) is 5.32. The number of ether oxygens (including phenoxy) is 2. The van der Waals surface area contributed by atoms with Crippen molar-refractivity contribution in [2.75, 3.05) is 6.61 Å². The average Bonchev–Trinajstić information content (AvgIpc) is 2.71. The van der Waals surface area contributed by atoms with Gasteiger partial charge in [0.25, 0.3) is 0 Å². The van der Waals surface area contributed by atoms with Crippen molar-refractivity contribution >= 4 is 0 Å². The number of benzene rings is 1. The maximum absolute atomic E-state index is 14.3. The van der Waals surface area contributed by atoms with Gasteiger partial charge in [0.05, 0.1) is 6.61 Å². The lowest BCUT2D eigenvalue weighted by molar-refractivity contribution is -0.0349. The van der Waals surface area contributed by atoms with Gasteiger partial charge < -0.3 is 14.6 Å². The van der Waals surface area contributed by atoms with Crippen molar-refractivity contribution in [3.63, 3.8) is 0 Å². The van der Waals surface area contributed by atoms with E-state index in [1.54, 1.807) is 0 Å². The maximum Gasteiger partial charge on any atom is 0.204 e. The molecule has 0 radical (unpaired) electrons. The molecule has 1 aromatic rings. The van der Waals surface area contributed by atoms with Crippen LogP contribution in [0.3, 0.4) is 0 Å². The average molecular weight is 395 g/mol. The Bertz CT molecular complexity index is 677. The van der Waals surface area contributed by atoms with Crippen LogP contribution in [0.2, 0.25) is 0 Å². The van der Waals surface area contributed by atoms with Crippen LogP contribution in [-0.4, -0.2) is 18.0 Å². The number of aliphatic hydroxyl groups is 1. The zero-order valence-electron chi connectivity index (χ0n) is 16.8. The Morgan fingerprint density at radius 2 is 1.61 bits per heavy atom. The zero-order chi connectivity index (χ0) is 19.7. The molecule has 1 atom stereocenters. The number of aryl methyl sites for hydroxylation is 1. The van der Waals surface area contributed by atoms with Gasteiger partial charge in [0, 0.05) is 12.0 Å². The Kier molecular flexibility index (Phi) is 6.10. The highest BCUT2D eigenvalue weighted by Crippen LogP contribution is 2.42. The molecule has 5 heteroatoms. The van der Waals surface area contributed by atoms with Crippen LogP contribution in [0.25, 0.3) is 0 Å². The summed E-state index contributed by atoms with van der Waals surface area (Å²) in [6.07, 6.45) is 9.95. The normalized spacial score (nSPS) is 33.1. The highest BCUT2D eigenvalue weighted by atomic mass is 19.2. The standard InChI is InChI=1S/C23H32F2O3/c1-14-2-6-16(7-3-14)17-8-4-15(5-9-17)13-27-19-12-18-10-11-20(26)28-23(18)22(25)21(19)24/h12,14-17,20,26H,2-11,13H2,1H3. The van der Waals surface area contributed by atoms with E-state index in [0.29, 0.717) is 30.9 Å². The quantitative estimate of drug-likeness (QED) is 0.720. The van der Waals surface area contributed by atoms with E-state index in [1.807, 2.05) is 0 Å². The Morgan fingerprint density at radius 3 is 2.29 bits per heavy atom. The second kappa shape index (κ2) is 8.56. The first kappa shape index (κ1) is 19.9. The minimum Gasteiger partial charge on any atom is -0.490 e. The van der Waals surface area contributed by atoms with Crippen LogP contribution in [-0.2, 0) is 6.42 Å². The number of rotatable bonds is 4. The van der Waals surface area contributed by atoms with Gasteiger partial charge in [0.15, 0.2) is 17.8 Å². The second-order valence-corrected chi connectivity index (χ2v) is 9.21. The monoisotopic (exact) mass is 394 g/mol. The number of halogens is 2. The molecule has 2 aliphatic carbocycles. The van der Waals surface area contributed by atoms with E-state index in [4.69, 9.17) is 9.47 Å². The van der Waals surface area contributed by atoms with Crippen LogP contribution in [0.1, 0.15) is 70.3 Å². The second-order valence-electron chi connectivity index (χ2n) is 9.21. The molecule has 0 spiro atoms. The molecule has 3 nitrogen and oxygen atoms in total. The van der Waals surface area contributed by atoms with Crippen molar-refractivity contribution in [3.05, 3.63) is 23.3 Å². The van der Waals surface area contributed by atoms with E-state index in [1.165, 1.54) is 44.6 Å². The lowest BCUT2D eigenvalue weighted by Gasteiger charge is -2.37. The molecule has 1 aromatic carbocycles. The Morgan fingerprint density at radius 1 is 0.964 bits per heavy atom. The van der Waals surface area contributed by atoms with Crippen molar-refractivity contribution in [1.82, 2.24) is 0 Å². The summed E-state index contributed by atoms with van der Waals surface area (Å²) < 4.78 is 39.4. The summed E-state index contributed by atoms with van der Waals surface area (Å²) in [4.78, 5) is 0. The van der Waals surface area contributed by atoms with Gasteiger partial charge in [-0.3, -0.25) is 0 Å². The van der Waals surface area contributed by atoms with E-state index in [2.05, 4.69) is 6.92 Å². The molecule has 0 bridgehead atoms. The zero-order valence-corrected chi connectivity index (χ0v) is 16.8. The van der Waals surface area contributed by atoms with Crippen LogP contribution in [0.15, 0.2) is 6.07 Å². The minimum atomic E-state index is -1.07. The molecular weight excluding hydrogens is 362 g/mol. The molecule has 1 heterocycles. The van der Waals surface area contributed by atoms with Gasteiger partial charge in [-0.25, -0.2) is 0 Å². The van der Waals surface area contributed by atoms with Crippen LogP contribution in [0.5, 0.6) is 11.5 Å². The molecule has 0 saturated heterocycles. The lowest BCUT2D eigenvalue weighted by Crippen LogP contribution is -2.27. The third kappa shape index (κ3) is 4.29. The van der Waals surface area contributed by atoms with E-state index in [-0.39, 0.29) is 11.5 Å². The van der Waals surface area contributed by atoms with Crippen LogP contribution in [0, 0.1) is 35.3 Å². The SMILES string of the molecule is CC1CCC(C2CCC(COc3cc4c(c(F)c3F)OC(O)CC4)CC2)CC1. The summed E-state index contributed by atoms with van der Waals surface area (Å²) in [7, 11) is 0. The van der Waals surface area contributed by atoms with E-state index in [9.17, 15) is 13.9 Å². The van der Waals surface area contributed by atoms with Crippen molar-refractivity contribution in [1.29, 1.82) is 0 Å². The third-order valence-corrected chi connectivity index (χ3v) is 7.21. The molecule has 1 N–H and O–H groups in total. The number of hydrogen-bond acceptors (Lipinski definition) is 3. The maximum atomic E-state index is 14.3. The smallest absolute Gasteiger partial charge is 0.204 e. The number of hydrogen-bond donors (Lipinski definition) is 1. The molecule has 2 saturated carbocycles. The molecule has 1 unspecified atom stereocenters. The molecule has 156 valence electrons. The van der Waals surface area contributed by atoms with E-state index < -0.39 is 17.9 Å². The highest BCUT2D eigenvalue weighted by molar-refractivity contribution is 5.44. The first-order valence-corrected chi connectivity index (χ1v) is 11.0. The summed E-state index contributed by atoms with van der Waals surface area (Å²) in [5.74, 6) is 0.757. The van der Waals surface area contributed by atoms with Crippen molar-refractivity contribution in [3.8, 4) is 11.5 Å². The van der Waals surface area contributed by atoms with Gasteiger partial charge in [0.2, 0.25) is 11.6 Å². The summed E-state index contributed by atoms with van der Waals surface area (Å²) in [6, 6.07) is 1.54. The van der Waals surface area contributed by atoms with E-state index >= 15 is 0 Å².